The van der Waals surface area contributed by atoms with E-state index in [-0.39, 0.29) is 98.8 Å². The molecule has 86 heavy (non-hydrogen) atoms. The van der Waals surface area contributed by atoms with Gasteiger partial charge in [0.05, 0.1) is 75.5 Å². The van der Waals surface area contributed by atoms with E-state index in [2.05, 4.69) is 52.5 Å². The Labute approximate surface area is 518 Å². The van der Waals surface area contributed by atoms with E-state index in [0.29, 0.717) is 20.1 Å². The molecular weight excluding hydrogens is 1350 g/mol. The van der Waals surface area contributed by atoms with Crippen molar-refractivity contribution in [2.45, 2.75) is 37.3 Å². The molecule has 0 aliphatic heterocycles. The van der Waals surface area contributed by atoms with E-state index in [4.69, 9.17) is 46.4 Å². The van der Waals surface area contributed by atoms with Crippen LogP contribution in [0.2, 0.25) is 20.1 Å². The van der Waals surface area contributed by atoms with Gasteiger partial charge < -0.3 is 30.0 Å². The predicted molar refractivity (Wildman–Crippen MR) is 323 cm³/mol. The number of carboxylic acids is 2. The van der Waals surface area contributed by atoms with Crippen LogP contribution >= 0.6 is 78.3 Å². The quantitative estimate of drug-likeness (QED) is 0.0853. The van der Waals surface area contributed by atoms with Crippen LogP contribution < -0.4 is 21.8 Å². The highest BCUT2D eigenvalue weighted by molar-refractivity contribution is 9.10. The van der Waals surface area contributed by atoms with Gasteiger partial charge in [0.15, 0.2) is 0 Å². The number of carbonyl (C=O) groups excluding carboxylic acids is 2. The minimum atomic E-state index is -4.90. The van der Waals surface area contributed by atoms with Crippen molar-refractivity contribution in [2.24, 2.45) is 14.1 Å². The molecule has 0 radical (unpaired) electrons. The van der Waals surface area contributed by atoms with Crippen molar-refractivity contribution in [1.29, 1.82) is 0 Å². The van der Waals surface area contributed by atoms with Crippen LogP contribution in [0.1, 0.15) is 43.0 Å². The van der Waals surface area contributed by atoms with Gasteiger partial charge in [-0.25, -0.2) is 9.59 Å². The summed E-state index contributed by atoms with van der Waals surface area (Å²) in [5.41, 5.74) is -4.18. The number of fused-ring (bicyclic) bond motifs is 4. The number of hydrogen-bond acceptors (Lipinski definition) is 8. The van der Waals surface area contributed by atoms with Crippen molar-refractivity contribution < 1.29 is 55.7 Å². The minimum Gasteiger partial charge on any atom is -0.480 e. The van der Waals surface area contributed by atoms with Crippen molar-refractivity contribution in [3.05, 3.63) is 217 Å². The molecule has 0 spiro atoms. The summed E-state index contributed by atoms with van der Waals surface area (Å²) in [6, 6.07) is 25.9. The van der Waals surface area contributed by atoms with Gasteiger partial charge in [-0.1, -0.05) is 127 Å². The highest BCUT2D eigenvalue weighted by Gasteiger charge is 2.41. The zero-order chi connectivity index (χ0) is 62.4. The third-order valence-corrected chi connectivity index (χ3v) is 16.2. The first-order valence-corrected chi connectivity index (χ1v) is 28.2. The summed E-state index contributed by atoms with van der Waals surface area (Å²) < 4.78 is 91.1. The third kappa shape index (κ3) is 12.4. The Morgan fingerprint density at radius 3 is 1.20 bits per heavy atom. The van der Waals surface area contributed by atoms with Gasteiger partial charge in [-0.3, -0.25) is 29.1 Å². The first-order chi connectivity index (χ1) is 40.6. The molecule has 0 unspecified atom stereocenters. The first-order valence-electron chi connectivity index (χ1n) is 25.1. The van der Waals surface area contributed by atoms with E-state index in [9.17, 15) is 65.3 Å². The largest absolute Gasteiger partial charge is 0.480 e. The molecule has 0 aliphatic carbocycles. The van der Waals surface area contributed by atoms with Gasteiger partial charge in [-0.05, 0) is 95.1 Å². The number of benzene rings is 6. The summed E-state index contributed by atoms with van der Waals surface area (Å²) in [6.45, 7) is 0. The van der Waals surface area contributed by atoms with Gasteiger partial charge in [-0.2, -0.15) is 26.3 Å². The second-order valence-electron chi connectivity index (χ2n) is 19.2. The highest BCUT2D eigenvalue weighted by atomic mass is 79.9. The molecule has 0 aliphatic rings. The fourth-order valence-electron chi connectivity index (χ4n) is 10.1. The maximum absolute atomic E-state index is 14.7. The summed E-state index contributed by atoms with van der Waals surface area (Å²) in [7, 11) is 2.78. The smallest absolute Gasteiger partial charge is 0.417 e. The zero-order valence-electron chi connectivity index (χ0n) is 43.9. The number of carboxylic acid groups (broad SMARTS) is 2. The first kappa shape index (κ1) is 62.7. The number of amides is 2. The third-order valence-electron chi connectivity index (χ3n) is 14.0. The Bertz CT molecular complexity index is 4280. The topological polar surface area (TPSA) is 203 Å². The Morgan fingerprint density at radius 1 is 0.523 bits per heavy atom. The van der Waals surface area contributed by atoms with Gasteiger partial charge in [0.1, 0.15) is 12.1 Å². The molecule has 4 aromatic heterocycles. The van der Waals surface area contributed by atoms with Crippen LogP contribution in [0.4, 0.5) is 26.3 Å². The fraction of sp³-hybridized carbons (Fsp3) is 0.133. The summed E-state index contributed by atoms with van der Waals surface area (Å²) >= 11 is 30.9. The molecule has 0 saturated heterocycles. The van der Waals surface area contributed by atoms with Crippen LogP contribution in [-0.2, 0) is 48.9 Å². The van der Waals surface area contributed by atoms with Gasteiger partial charge in [0.25, 0.3) is 22.9 Å². The Balaban J connectivity index is 0.000000205. The van der Waals surface area contributed by atoms with E-state index in [1.54, 1.807) is 12.1 Å². The van der Waals surface area contributed by atoms with Crippen LogP contribution in [0.15, 0.2) is 152 Å². The SMILES string of the molecule is Cn1c(=O)c(-c2ccc(C[C@H](NC(=O)c3c(Cl)cccc3Cl)C(=O)O)c3ncccc23)c(C(F)(F)F)c2cc(Br)ccc21.Cn1c(=O)c(-c2ccc(C[C@H](NC(=O)c3c(Cl)cccc3Cl)C(=O)O)c3ncccc23)c(C(F)(F)F)c2cc(Br)ccc21. The normalized spacial score (nSPS) is 12.4. The van der Waals surface area contributed by atoms with Crippen molar-refractivity contribution >= 4 is 146 Å². The lowest BCUT2D eigenvalue weighted by Gasteiger charge is -2.20. The molecule has 0 fully saturated rings. The molecule has 440 valence electrons. The van der Waals surface area contributed by atoms with Gasteiger partial charge in [-0.15, -0.1) is 0 Å². The lowest BCUT2D eigenvalue weighted by atomic mass is 9.91. The number of halogens is 12. The number of nitrogens with zero attached hydrogens (tertiary/aromatic N) is 4. The van der Waals surface area contributed by atoms with Crippen molar-refractivity contribution in [1.82, 2.24) is 29.7 Å². The lowest BCUT2D eigenvalue weighted by Crippen LogP contribution is -2.42. The summed E-state index contributed by atoms with van der Waals surface area (Å²) in [5.74, 6) is -4.40. The average Bonchev–Trinajstić information content (AvgIpc) is 0.760. The Morgan fingerprint density at radius 2 is 0.872 bits per heavy atom. The number of rotatable bonds is 12. The number of hydrogen-bond donors (Lipinski definition) is 4. The minimum absolute atomic E-state index is 0.0232. The maximum atomic E-state index is 14.7. The van der Waals surface area contributed by atoms with Crippen molar-refractivity contribution in [3.8, 4) is 22.3 Å². The van der Waals surface area contributed by atoms with Crippen LogP contribution in [0.5, 0.6) is 0 Å². The van der Waals surface area contributed by atoms with E-state index < -0.39 is 81.6 Å². The van der Waals surface area contributed by atoms with E-state index in [0.717, 1.165) is 9.13 Å². The van der Waals surface area contributed by atoms with E-state index in [1.165, 1.54) is 136 Å². The number of alkyl halides is 6. The van der Waals surface area contributed by atoms with E-state index >= 15 is 0 Å². The standard InChI is InChI=1S/2C30H19BrCl2F3N3O4/c2*1-39-22-10-8-15(31)13-18(22)25(30(34,35)36)23(28(39)41)16-9-7-14(26-17(16)4-3-11-37-26)12-21(29(42)43)38-27(40)24-19(32)5-2-6-20(24)33/h2*2-11,13,21H,12H2,1H3,(H,38,40)(H,42,43)/t2*21-/m00/s1. The van der Waals surface area contributed by atoms with Gasteiger partial charge >= 0.3 is 24.3 Å². The number of pyridine rings is 4. The number of nitrogens with one attached hydrogen (secondary N) is 2. The summed E-state index contributed by atoms with van der Waals surface area (Å²) in [4.78, 5) is 85.9. The lowest BCUT2D eigenvalue weighted by molar-refractivity contribution is -0.140. The van der Waals surface area contributed by atoms with Crippen LogP contribution in [0.25, 0.3) is 65.9 Å². The number of aryl methyl sites for hydroxylation is 2. The van der Waals surface area contributed by atoms with Gasteiger partial charge in [0.2, 0.25) is 0 Å². The fourth-order valence-corrected chi connectivity index (χ4v) is 11.9. The molecular formula is C60H38Br2Cl4F6N6O8. The molecule has 26 heteroatoms. The van der Waals surface area contributed by atoms with E-state index in [1.807, 2.05) is 0 Å². The Hall–Kier alpha value is -7.86. The second-order valence-corrected chi connectivity index (χ2v) is 22.7. The summed E-state index contributed by atoms with van der Waals surface area (Å²) in [5, 5.41) is 24.8. The van der Waals surface area contributed by atoms with Crippen LogP contribution in [0, 0.1) is 0 Å². The monoisotopic (exact) mass is 1380 g/mol. The molecule has 2 amide bonds. The number of aliphatic carboxylic acids is 2. The van der Waals surface area contributed by atoms with Gasteiger partial charge in [0, 0.05) is 69.8 Å². The molecule has 2 atom stereocenters. The predicted octanol–water partition coefficient (Wildman–Crippen LogP) is 14.5. The zero-order valence-corrected chi connectivity index (χ0v) is 50.1. The van der Waals surface area contributed by atoms with Crippen molar-refractivity contribution in [2.75, 3.05) is 0 Å². The highest BCUT2D eigenvalue weighted by Crippen LogP contribution is 2.45. The molecule has 4 N–H and O–H groups in total. The molecule has 6 aromatic carbocycles. The molecule has 0 bridgehead atoms. The average molecular weight is 1390 g/mol. The molecule has 10 rings (SSSR count). The second kappa shape index (κ2) is 24.9. The van der Waals surface area contributed by atoms with Crippen LogP contribution in [-0.4, -0.2) is 65.2 Å². The molecule has 4 heterocycles. The molecule has 0 saturated carbocycles. The maximum Gasteiger partial charge on any atom is 0.417 e. The number of aromatic nitrogens is 4. The Kier molecular flexibility index (Phi) is 18.1. The van der Waals surface area contributed by atoms with Crippen molar-refractivity contribution in [3.63, 3.8) is 0 Å². The van der Waals surface area contributed by atoms with Crippen LogP contribution in [0.3, 0.4) is 0 Å². The molecule has 14 nitrogen and oxygen atoms in total. The number of carbonyl (C=O) groups is 4. The molecule has 10 aromatic rings. The summed E-state index contributed by atoms with van der Waals surface area (Å²) in [6.07, 6.45) is -7.57.